The summed E-state index contributed by atoms with van der Waals surface area (Å²) in [5.74, 6) is 1.18. The van der Waals surface area contributed by atoms with Crippen molar-refractivity contribution in [3.63, 3.8) is 0 Å². The molecule has 0 saturated heterocycles. The second kappa shape index (κ2) is 7.69. The van der Waals surface area contributed by atoms with Crippen molar-refractivity contribution in [2.24, 2.45) is 11.8 Å². The van der Waals surface area contributed by atoms with Crippen LogP contribution in [0.5, 0.6) is 0 Å². The zero-order valence-corrected chi connectivity index (χ0v) is 10.7. The molecule has 0 radical (unpaired) electrons. The lowest BCUT2D eigenvalue weighted by molar-refractivity contribution is -0.133. The van der Waals surface area contributed by atoms with Crippen LogP contribution in [0.25, 0.3) is 0 Å². The van der Waals surface area contributed by atoms with Gasteiger partial charge in [0.25, 0.3) is 0 Å². The number of hydrogen-bond donors (Lipinski definition) is 0. The van der Waals surface area contributed by atoms with Crippen molar-refractivity contribution >= 4 is 5.91 Å². The van der Waals surface area contributed by atoms with Crippen molar-refractivity contribution in [3.8, 4) is 0 Å². The van der Waals surface area contributed by atoms with Crippen LogP contribution in [0.15, 0.2) is 0 Å². The predicted molar refractivity (Wildman–Crippen MR) is 62.7 cm³/mol. The Morgan fingerprint density at radius 3 is 2.20 bits per heavy atom. The van der Waals surface area contributed by atoms with Crippen LogP contribution < -0.4 is 0 Å². The Kier molecular flexibility index (Phi) is 7.39. The molecule has 15 heavy (non-hydrogen) atoms. The molecule has 0 aliphatic carbocycles. The molecule has 0 spiro atoms. The maximum absolute atomic E-state index is 11.9. The minimum absolute atomic E-state index is 0.246. The molecule has 1 amide bonds. The summed E-state index contributed by atoms with van der Waals surface area (Å²) in [5, 5.41) is 0. The molecule has 90 valence electrons. The van der Waals surface area contributed by atoms with Gasteiger partial charge in [0.2, 0.25) is 5.91 Å². The van der Waals surface area contributed by atoms with Crippen LogP contribution in [-0.4, -0.2) is 37.6 Å². The first-order valence-electron chi connectivity index (χ1n) is 5.74. The van der Waals surface area contributed by atoms with Crippen molar-refractivity contribution in [1.82, 2.24) is 4.90 Å². The fourth-order valence-electron chi connectivity index (χ4n) is 1.44. The SMILES string of the molecule is COCCN(CC(C)C)C(=O)CC(C)C. The summed E-state index contributed by atoms with van der Waals surface area (Å²) in [6.07, 6.45) is 0.635. The van der Waals surface area contributed by atoms with E-state index in [-0.39, 0.29) is 5.91 Å². The molecule has 0 bridgehead atoms. The molecule has 0 aromatic carbocycles. The second-order valence-corrected chi connectivity index (χ2v) is 4.82. The first-order chi connectivity index (χ1) is 6.97. The lowest BCUT2D eigenvalue weighted by Crippen LogP contribution is -2.37. The number of nitrogens with zero attached hydrogens (tertiary/aromatic N) is 1. The number of carbonyl (C=O) groups excluding carboxylic acids is 1. The molecule has 0 heterocycles. The van der Waals surface area contributed by atoms with Crippen LogP contribution >= 0.6 is 0 Å². The molecule has 0 aliphatic heterocycles. The summed E-state index contributed by atoms with van der Waals surface area (Å²) < 4.78 is 5.02. The molecule has 0 unspecified atom stereocenters. The van der Waals surface area contributed by atoms with E-state index in [1.165, 1.54) is 0 Å². The standard InChI is InChI=1S/C12H25NO2/c1-10(2)8-12(14)13(6-7-15-5)9-11(3)4/h10-11H,6-9H2,1-5H3. The second-order valence-electron chi connectivity index (χ2n) is 4.82. The highest BCUT2D eigenvalue weighted by molar-refractivity contribution is 5.76. The molecule has 0 aromatic rings. The van der Waals surface area contributed by atoms with Crippen molar-refractivity contribution in [1.29, 1.82) is 0 Å². The van der Waals surface area contributed by atoms with Gasteiger partial charge in [-0.1, -0.05) is 27.7 Å². The summed E-state index contributed by atoms with van der Waals surface area (Å²) >= 11 is 0. The van der Waals surface area contributed by atoms with Crippen LogP contribution in [0.3, 0.4) is 0 Å². The van der Waals surface area contributed by atoms with Crippen LogP contribution in [0.2, 0.25) is 0 Å². The van der Waals surface area contributed by atoms with Gasteiger partial charge in [-0.2, -0.15) is 0 Å². The maximum Gasteiger partial charge on any atom is 0.222 e. The fraction of sp³-hybridized carbons (Fsp3) is 0.917. The highest BCUT2D eigenvalue weighted by Crippen LogP contribution is 2.06. The van der Waals surface area contributed by atoms with E-state index in [4.69, 9.17) is 4.74 Å². The molecule has 0 fully saturated rings. The molecular formula is C12H25NO2. The molecule has 0 aromatic heterocycles. The van der Waals surface area contributed by atoms with Crippen LogP contribution in [0, 0.1) is 11.8 Å². The normalized spacial score (nSPS) is 11.1. The van der Waals surface area contributed by atoms with Gasteiger partial charge in [-0.25, -0.2) is 0 Å². The fourth-order valence-corrected chi connectivity index (χ4v) is 1.44. The minimum Gasteiger partial charge on any atom is -0.383 e. The first kappa shape index (κ1) is 14.4. The van der Waals surface area contributed by atoms with Gasteiger partial charge in [0.15, 0.2) is 0 Å². The lowest BCUT2D eigenvalue weighted by Gasteiger charge is -2.25. The number of hydrogen-bond acceptors (Lipinski definition) is 2. The van der Waals surface area contributed by atoms with E-state index in [1.807, 2.05) is 4.90 Å². The number of rotatable bonds is 7. The maximum atomic E-state index is 11.9. The molecule has 3 nitrogen and oxygen atoms in total. The minimum atomic E-state index is 0.246. The third kappa shape index (κ3) is 7.37. The molecule has 0 N–H and O–H groups in total. The summed E-state index contributed by atoms with van der Waals surface area (Å²) in [4.78, 5) is 13.8. The van der Waals surface area contributed by atoms with Crippen LogP contribution in [0.1, 0.15) is 34.1 Å². The highest BCUT2D eigenvalue weighted by Gasteiger charge is 2.15. The molecule has 0 aliphatic rings. The van der Waals surface area contributed by atoms with Gasteiger partial charge in [0.1, 0.15) is 0 Å². The van der Waals surface area contributed by atoms with Crippen molar-refractivity contribution in [2.75, 3.05) is 26.8 Å². The van der Waals surface area contributed by atoms with E-state index < -0.39 is 0 Å². The van der Waals surface area contributed by atoms with E-state index in [0.717, 1.165) is 6.54 Å². The molecule has 3 heteroatoms. The van der Waals surface area contributed by atoms with Gasteiger partial charge in [-0.05, 0) is 11.8 Å². The van der Waals surface area contributed by atoms with Gasteiger partial charge in [-0.3, -0.25) is 4.79 Å². The van der Waals surface area contributed by atoms with Gasteiger partial charge < -0.3 is 9.64 Å². The van der Waals surface area contributed by atoms with Crippen molar-refractivity contribution < 1.29 is 9.53 Å². The number of methoxy groups -OCH3 is 1. The number of carbonyl (C=O) groups is 1. The molecule has 0 atom stereocenters. The Morgan fingerprint density at radius 2 is 1.80 bits per heavy atom. The molecule has 0 rings (SSSR count). The Morgan fingerprint density at radius 1 is 1.20 bits per heavy atom. The summed E-state index contributed by atoms with van der Waals surface area (Å²) in [5.41, 5.74) is 0. The Bertz CT molecular complexity index is 178. The quantitative estimate of drug-likeness (QED) is 0.651. The highest BCUT2D eigenvalue weighted by atomic mass is 16.5. The molecule has 0 saturated carbocycles. The third-order valence-corrected chi connectivity index (χ3v) is 2.09. The van der Waals surface area contributed by atoms with Crippen LogP contribution in [0.4, 0.5) is 0 Å². The van der Waals surface area contributed by atoms with Crippen molar-refractivity contribution in [2.45, 2.75) is 34.1 Å². The lowest BCUT2D eigenvalue weighted by atomic mass is 10.1. The van der Waals surface area contributed by atoms with E-state index in [2.05, 4.69) is 27.7 Å². The topological polar surface area (TPSA) is 29.5 Å². The number of amides is 1. The zero-order chi connectivity index (χ0) is 11.8. The molecular weight excluding hydrogens is 190 g/mol. The van der Waals surface area contributed by atoms with Crippen LogP contribution in [-0.2, 0) is 9.53 Å². The van der Waals surface area contributed by atoms with E-state index in [9.17, 15) is 4.79 Å². The first-order valence-corrected chi connectivity index (χ1v) is 5.74. The van der Waals surface area contributed by atoms with Crippen molar-refractivity contribution in [3.05, 3.63) is 0 Å². The Balaban J connectivity index is 4.14. The number of ether oxygens (including phenoxy) is 1. The van der Waals surface area contributed by atoms with Gasteiger partial charge in [0.05, 0.1) is 6.61 Å². The van der Waals surface area contributed by atoms with E-state index in [0.29, 0.717) is 31.4 Å². The average molecular weight is 215 g/mol. The predicted octanol–water partition coefficient (Wildman–Crippen LogP) is 2.16. The summed E-state index contributed by atoms with van der Waals surface area (Å²) in [6.45, 7) is 10.6. The summed E-state index contributed by atoms with van der Waals surface area (Å²) in [6, 6.07) is 0. The largest absolute Gasteiger partial charge is 0.383 e. The van der Waals surface area contributed by atoms with E-state index in [1.54, 1.807) is 7.11 Å². The smallest absolute Gasteiger partial charge is 0.222 e. The third-order valence-electron chi connectivity index (χ3n) is 2.09. The monoisotopic (exact) mass is 215 g/mol. The van der Waals surface area contributed by atoms with Gasteiger partial charge >= 0.3 is 0 Å². The zero-order valence-electron chi connectivity index (χ0n) is 10.7. The average Bonchev–Trinajstić information content (AvgIpc) is 2.10. The Hall–Kier alpha value is -0.570. The van der Waals surface area contributed by atoms with E-state index >= 15 is 0 Å². The van der Waals surface area contributed by atoms with Gasteiger partial charge in [-0.15, -0.1) is 0 Å². The Labute approximate surface area is 93.8 Å². The summed E-state index contributed by atoms with van der Waals surface area (Å²) in [7, 11) is 1.67. The van der Waals surface area contributed by atoms with Gasteiger partial charge in [0, 0.05) is 26.6 Å².